The molecule has 2 atom stereocenters. The van der Waals surface area contributed by atoms with Crippen molar-refractivity contribution in [1.29, 1.82) is 0 Å². The highest BCUT2D eigenvalue weighted by Crippen LogP contribution is 2.13. The van der Waals surface area contributed by atoms with Crippen molar-refractivity contribution >= 4 is 8.32 Å². The van der Waals surface area contributed by atoms with E-state index in [0.717, 1.165) is 0 Å². The lowest BCUT2D eigenvalue weighted by Crippen LogP contribution is -2.35. The molecule has 0 spiro atoms. The second-order valence-corrected chi connectivity index (χ2v) is 7.71. The molecule has 0 aliphatic heterocycles. The molecule has 1 nitrogen and oxygen atoms in total. The van der Waals surface area contributed by atoms with Crippen molar-refractivity contribution in [2.75, 3.05) is 6.67 Å². The molecule has 68 valence electrons. The molecule has 0 fully saturated rings. The van der Waals surface area contributed by atoms with Gasteiger partial charge in [0, 0.05) is 0 Å². The van der Waals surface area contributed by atoms with Crippen molar-refractivity contribution in [1.82, 2.24) is 0 Å². The summed E-state index contributed by atoms with van der Waals surface area (Å²) in [5.41, 5.74) is 0. The van der Waals surface area contributed by atoms with E-state index in [9.17, 15) is 13.2 Å². The van der Waals surface area contributed by atoms with Gasteiger partial charge in [0.1, 0.15) is 6.67 Å². The Hall–Kier alpha value is -0.0331. The predicted octanol–water partition coefficient (Wildman–Crippen LogP) is 2.44. The fourth-order valence-electron chi connectivity index (χ4n) is 0.482. The topological polar surface area (TPSA) is 9.23 Å². The third kappa shape index (κ3) is 5.26. The van der Waals surface area contributed by atoms with E-state index in [1.807, 2.05) is 0 Å². The molecule has 0 aromatic heterocycles. The maximum Gasteiger partial charge on any atom is 0.224 e. The molecule has 0 saturated carbocycles. The van der Waals surface area contributed by atoms with Gasteiger partial charge in [0.15, 0.2) is 14.5 Å². The first-order valence-corrected chi connectivity index (χ1v) is 6.79. The number of hydrogen-bond acceptors (Lipinski definition) is 1. The second-order valence-electron chi connectivity index (χ2n) is 3.25. The molecular weight excluding hydrogens is 173 g/mol. The van der Waals surface area contributed by atoms with Gasteiger partial charge in [0.2, 0.25) is 6.36 Å². The molecule has 11 heavy (non-hydrogen) atoms. The van der Waals surface area contributed by atoms with E-state index in [1.54, 1.807) is 19.6 Å². The van der Waals surface area contributed by atoms with Gasteiger partial charge in [-0.25, -0.2) is 13.2 Å². The minimum absolute atomic E-state index is 1.33. The summed E-state index contributed by atoms with van der Waals surface area (Å²) in [5.74, 6) is 0. The molecule has 0 aliphatic rings. The van der Waals surface area contributed by atoms with Gasteiger partial charge < -0.3 is 4.43 Å². The lowest BCUT2D eigenvalue weighted by molar-refractivity contribution is -0.0206. The Labute approximate surface area is 65.7 Å². The highest BCUT2D eigenvalue weighted by molar-refractivity contribution is 6.69. The zero-order chi connectivity index (χ0) is 9.07. The lowest BCUT2D eigenvalue weighted by atomic mass is 10.4. The molecule has 2 unspecified atom stereocenters. The average molecular weight is 186 g/mol. The van der Waals surface area contributed by atoms with Gasteiger partial charge in [-0.1, -0.05) is 0 Å². The van der Waals surface area contributed by atoms with Crippen LogP contribution in [-0.2, 0) is 4.43 Å². The molecule has 0 saturated heterocycles. The monoisotopic (exact) mass is 186 g/mol. The standard InChI is InChI=1S/C6H13F3OSi/c1-11(2,3)10-6(9)5(8)4-7/h5-6H,4H2,1-3H3. The summed E-state index contributed by atoms with van der Waals surface area (Å²) >= 11 is 0. The molecule has 0 radical (unpaired) electrons. The van der Waals surface area contributed by atoms with Crippen LogP contribution in [0.2, 0.25) is 19.6 Å². The van der Waals surface area contributed by atoms with Crippen LogP contribution in [0.15, 0.2) is 0 Å². The average Bonchev–Trinajstić information content (AvgIpc) is 1.82. The summed E-state index contributed by atoms with van der Waals surface area (Å²) in [5, 5.41) is 0. The van der Waals surface area contributed by atoms with Crippen LogP contribution in [0.4, 0.5) is 13.2 Å². The molecule has 0 amide bonds. The van der Waals surface area contributed by atoms with Crippen molar-refractivity contribution in [2.45, 2.75) is 32.2 Å². The van der Waals surface area contributed by atoms with Gasteiger partial charge >= 0.3 is 0 Å². The van der Waals surface area contributed by atoms with Crippen LogP contribution in [0.5, 0.6) is 0 Å². The normalized spacial score (nSPS) is 18.0. The lowest BCUT2D eigenvalue weighted by Gasteiger charge is -2.21. The fourth-order valence-corrected chi connectivity index (χ4v) is 1.30. The molecule has 0 bridgehead atoms. The van der Waals surface area contributed by atoms with Crippen molar-refractivity contribution in [3.05, 3.63) is 0 Å². The molecule has 0 heterocycles. The number of hydrogen-bond donors (Lipinski definition) is 0. The highest BCUT2D eigenvalue weighted by atomic mass is 28.4. The van der Waals surface area contributed by atoms with Crippen LogP contribution in [0.25, 0.3) is 0 Å². The maximum atomic E-state index is 12.5. The van der Waals surface area contributed by atoms with E-state index in [-0.39, 0.29) is 0 Å². The van der Waals surface area contributed by atoms with Crippen LogP contribution in [0.3, 0.4) is 0 Å². The van der Waals surface area contributed by atoms with Crippen molar-refractivity contribution in [3.63, 3.8) is 0 Å². The largest absolute Gasteiger partial charge is 0.387 e. The highest BCUT2D eigenvalue weighted by Gasteiger charge is 2.27. The van der Waals surface area contributed by atoms with Crippen LogP contribution in [0, 0.1) is 0 Å². The first-order chi connectivity index (χ1) is 4.87. The summed E-state index contributed by atoms with van der Waals surface area (Å²) in [7, 11) is -2.08. The minimum atomic E-state index is -2.14. The Kier molecular flexibility index (Phi) is 4.10. The van der Waals surface area contributed by atoms with Gasteiger partial charge in [0.05, 0.1) is 0 Å². The molecule has 0 aromatic rings. The second kappa shape index (κ2) is 4.11. The smallest absolute Gasteiger partial charge is 0.224 e. The van der Waals surface area contributed by atoms with Crippen molar-refractivity contribution in [3.8, 4) is 0 Å². The van der Waals surface area contributed by atoms with Crippen LogP contribution < -0.4 is 0 Å². The molecular formula is C6H13F3OSi. The summed E-state index contributed by atoms with van der Waals surface area (Å²) in [6.45, 7) is 3.81. The van der Waals surface area contributed by atoms with E-state index in [4.69, 9.17) is 0 Å². The zero-order valence-corrected chi connectivity index (χ0v) is 7.90. The van der Waals surface area contributed by atoms with Crippen molar-refractivity contribution < 1.29 is 17.6 Å². The molecule has 0 N–H and O–H groups in total. The van der Waals surface area contributed by atoms with E-state index >= 15 is 0 Å². The Morgan fingerprint density at radius 1 is 1.27 bits per heavy atom. The maximum absolute atomic E-state index is 12.5. The third-order valence-corrected chi connectivity index (χ3v) is 1.83. The summed E-state index contributed by atoms with van der Waals surface area (Å²) in [4.78, 5) is 0. The first kappa shape index (κ1) is 11.0. The first-order valence-electron chi connectivity index (χ1n) is 3.39. The third-order valence-electron chi connectivity index (χ3n) is 0.898. The molecule has 5 heteroatoms. The van der Waals surface area contributed by atoms with E-state index in [2.05, 4.69) is 4.43 Å². The van der Waals surface area contributed by atoms with Gasteiger partial charge in [-0.05, 0) is 19.6 Å². The summed E-state index contributed by atoms with van der Waals surface area (Å²) < 4.78 is 40.9. The van der Waals surface area contributed by atoms with Gasteiger partial charge in [-0.3, -0.25) is 0 Å². The van der Waals surface area contributed by atoms with Crippen molar-refractivity contribution in [2.24, 2.45) is 0 Å². The SMILES string of the molecule is C[Si](C)(C)OC(F)C(F)CF. The summed E-state index contributed by atoms with van der Waals surface area (Å²) in [6.07, 6.45) is -4.24. The minimum Gasteiger partial charge on any atom is -0.387 e. The number of rotatable bonds is 4. The number of alkyl halides is 3. The van der Waals surface area contributed by atoms with Crippen LogP contribution >= 0.6 is 0 Å². The van der Waals surface area contributed by atoms with Gasteiger partial charge in [0.25, 0.3) is 0 Å². The molecule has 0 aliphatic carbocycles. The van der Waals surface area contributed by atoms with E-state index < -0.39 is 27.5 Å². The van der Waals surface area contributed by atoms with Gasteiger partial charge in [-0.15, -0.1) is 0 Å². The Morgan fingerprint density at radius 2 is 1.73 bits per heavy atom. The van der Waals surface area contributed by atoms with Gasteiger partial charge in [-0.2, -0.15) is 0 Å². The molecule has 0 rings (SSSR count). The quantitative estimate of drug-likeness (QED) is 0.613. The fraction of sp³-hybridized carbons (Fsp3) is 1.00. The Morgan fingerprint density at radius 3 is 2.00 bits per heavy atom. The Balaban J connectivity index is 3.77. The van der Waals surface area contributed by atoms with Crippen LogP contribution in [-0.4, -0.2) is 27.5 Å². The van der Waals surface area contributed by atoms with Crippen LogP contribution in [0.1, 0.15) is 0 Å². The predicted molar refractivity (Wildman–Crippen MR) is 40.2 cm³/mol. The van der Waals surface area contributed by atoms with E-state index in [1.165, 1.54) is 0 Å². The number of halogens is 3. The molecule has 0 aromatic carbocycles. The Bertz CT molecular complexity index is 115. The summed E-state index contributed by atoms with van der Waals surface area (Å²) in [6, 6.07) is 0. The zero-order valence-electron chi connectivity index (χ0n) is 6.90. The van der Waals surface area contributed by atoms with E-state index in [0.29, 0.717) is 0 Å².